The topological polar surface area (TPSA) is 9.23 Å². The maximum atomic E-state index is 5.79. The summed E-state index contributed by atoms with van der Waals surface area (Å²) in [6.45, 7) is 4.15. The van der Waals surface area contributed by atoms with Gasteiger partial charge in [0, 0.05) is 16.5 Å². The predicted molar refractivity (Wildman–Crippen MR) is 55.8 cm³/mol. The lowest BCUT2D eigenvalue weighted by Gasteiger charge is -2.32. The van der Waals surface area contributed by atoms with E-state index in [0.717, 1.165) is 22.2 Å². The molecule has 1 nitrogen and oxygen atoms in total. The molecule has 0 atom stereocenters. The van der Waals surface area contributed by atoms with Gasteiger partial charge in [0.1, 0.15) is 11.4 Å². The first-order chi connectivity index (χ1) is 6.07. The van der Waals surface area contributed by atoms with E-state index < -0.39 is 0 Å². The second-order valence-electron chi connectivity index (χ2n) is 3.86. The van der Waals surface area contributed by atoms with Crippen molar-refractivity contribution in [3.8, 4) is 5.75 Å². The van der Waals surface area contributed by atoms with Crippen LogP contribution < -0.4 is 4.74 Å². The summed E-state index contributed by atoms with van der Waals surface area (Å²) in [4.78, 5) is 0. The SMILES string of the molecule is CC1(C)C[C]c2cc(Br)ccc2O1. The fraction of sp³-hybridized carbons (Fsp3) is 0.364. The summed E-state index contributed by atoms with van der Waals surface area (Å²) in [6.07, 6.45) is 4.18. The van der Waals surface area contributed by atoms with Crippen LogP contribution >= 0.6 is 15.9 Å². The maximum absolute atomic E-state index is 5.79. The van der Waals surface area contributed by atoms with E-state index in [1.165, 1.54) is 0 Å². The molecular weight excluding hydrogens is 228 g/mol. The predicted octanol–water partition coefficient (Wildman–Crippen LogP) is 3.44. The van der Waals surface area contributed by atoms with Gasteiger partial charge in [-0.15, -0.1) is 0 Å². The molecule has 1 aromatic carbocycles. The number of fused-ring (bicyclic) bond motifs is 1. The van der Waals surface area contributed by atoms with E-state index in [2.05, 4.69) is 36.2 Å². The van der Waals surface area contributed by atoms with Crippen molar-refractivity contribution in [2.45, 2.75) is 25.9 Å². The minimum Gasteiger partial charge on any atom is -0.488 e. The summed E-state index contributed by atoms with van der Waals surface area (Å²) in [5, 5.41) is 0. The Labute approximate surface area is 87.2 Å². The molecule has 2 radical (unpaired) electrons. The zero-order chi connectivity index (χ0) is 9.47. The summed E-state index contributed by atoms with van der Waals surface area (Å²) in [7, 11) is 0. The van der Waals surface area contributed by atoms with Gasteiger partial charge >= 0.3 is 0 Å². The first kappa shape index (κ1) is 9.07. The van der Waals surface area contributed by atoms with E-state index in [4.69, 9.17) is 4.74 Å². The van der Waals surface area contributed by atoms with E-state index >= 15 is 0 Å². The Morgan fingerprint density at radius 2 is 2.23 bits per heavy atom. The van der Waals surface area contributed by atoms with Crippen LogP contribution in [0.15, 0.2) is 22.7 Å². The standard InChI is InChI=1S/C11H11BrO/c1-11(2)6-5-8-7-9(12)3-4-10(8)13-11/h3-4,7H,6H2,1-2H3. The highest BCUT2D eigenvalue weighted by Gasteiger charge is 2.26. The van der Waals surface area contributed by atoms with Crippen molar-refractivity contribution in [1.82, 2.24) is 0 Å². The molecule has 0 N–H and O–H groups in total. The molecule has 13 heavy (non-hydrogen) atoms. The molecule has 1 aliphatic heterocycles. The van der Waals surface area contributed by atoms with Crippen molar-refractivity contribution in [3.05, 3.63) is 34.7 Å². The molecule has 0 fully saturated rings. The van der Waals surface area contributed by atoms with Crippen LogP contribution in [0.25, 0.3) is 0 Å². The molecule has 0 saturated carbocycles. The average Bonchev–Trinajstić information content (AvgIpc) is 2.05. The molecule has 0 aromatic heterocycles. The molecule has 0 unspecified atom stereocenters. The Balaban J connectivity index is 2.37. The molecule has 68 valence electrons. The van der Waals surface area contributed by atoms with Gasteiger partial charge < -0.3 is 4.74 Å². The molecule has 0 aliphatic carbocycles. The van der Waals surface area contributed by atoms with E-state index in [0.29, 0.717) is 0 Å². The highest BCUT2D eigenvalue weighted by Crippen LogP contribution is 2.35. The first-order valence-corrected chi connectivity index (χ1v) is 5.09. The van der Waals surface area contributed by atoms with Crippen LogP contribution in [0, 0.1) is 6.42 Å². The third kappa shape index (κ3) is 1.88. The second-order valence-corrected chi connectivity index (χ2v) is 4.77. The van der Waals surface area contributed by atoms with Crippen LogP contribution in [-0.2, 0) is 0 Å². The Morgan fingerprint density at radius 3 is 3.00 bits per heavy atom. The monoisotopic (exact) mass is 238 g/mol. The molecule has 2 rings (SSSR count). The number of benzene rings is 1. The van der Waals surface area contributed by atoms with Gasteiger partial charge in [-0.3, -0.25) is 0 Å². The molecule has 0 saturated heterocycles. The molecule has 1 aliphatic rings. The van der Waals surface area contributed by atoms with Gasteiger partial charge in [0.2, 0.25) is 0 Å². The molecular formula is C11H11BrO. The van der Waals surface area contributed by atoms with E-state index in [-0.39, 0.29) is 5.60 Å². The Bertz CT molecular complexity index is 331. The normalized spacial score (nSPS) is 19.0. The van der Waals surface area contributed by atoms with Crippen molar-refractivity contribution in [2.24, 2.45) is 0 Å². The number of halogens is 1. The Morgan fingerprint density at radius 1 is 1.46 bits per heavy atom. The molecule has 2 heteroatoms. The third-order valence-corrected chi connectivity index (χ3v) is 2.53. The van der Waals surface area contributed by atoms with Crippen molar-refractivity contribution in [2.75, 3.05) is 0 Å². The van der Waals surface area contributed by atoms with Crippen LogP contribution in [0.3, 0.4) is 0 Å². The molecule has 0 spiro atoms. The molecule has 0 amide bonds. The van der Waals surface area contributed by atoms with Gasteiger partial charge in [-0.05, 0) is 38.5 Å². The van der Waals surface area contributed by atoms with Crippen LogP contribution in [0.5, 0.6) is 5.75 Å². The van der Waals surface area contributed by atoms with Gasteiger partial charge in [-0.1, -0.05) is 15.9 Å². The average molecular weight is 239 g/mol. The Hall–Kier alpha value is -0.500. The quantitative estimate of drug-likeness (QED) is 0.673. The molecule has 0 bridgehead atoms. The number of hydrogen-bond donors (Lipinski definition) is 0. The number of ether oxygens (including phenoxy) is 1. The van der Waals surface area contributed by atoms with Gasteiger partial charge in [0.05, 0.1) is 0 Å². The fourth-order valence-corrected chi connectivity index (χ4v) is 1.73. The number of hydrogen-bond acceptors (Lipinski definition) is 1. The van der Waals surface area contributed by atoms with Crippen LogP contribution in [0.4, 0.5) is 0 Å². The smallest absolute Gasteiger partial charge is 0.124 e. The van der Waals surface area contributed by atoms with Crippen molar-refractivity contribution in [3.63, 3.8) is 0 Å². The highest BCUT2D eigenvalue weighted by molar-refractivity contribution is 9.10. The maximum Gasteiger partial charge on any atom is 0.124 e. The summed E-state index contributed by atoms with van der Waals surface area (Å²) in [6, 6.07) is 6.00. The van der Waals surface area contributed by atoms with Gasteiger partial charge in [0.15, 0.2) is 0 Å². The second kappa shape index (κ2) is 3.02. The fourth-order valence-electron chi connectivity index (χ4n) is 1.37. The minimum absolute atomic E-state index is 0.110. The lowest BCUT2D eigenvalue weighted by molar-refractivity contribution is 0.0987. The van der Waals surface area contributed by atoms with Crippen molar-refractivity contribution >= 4 is 15.9 Å². The first-order valence-electron chi connectivity index (χ1n) is 4.29. The Kier molecular flexibility index (Phi) is 2.11. The molecule has 1 heterocycles. The zero-order valence-corrected chi connectivity index (χ0v) is 9.31. The van der Waals surface area contributed by atoms with Gasteiger partial charge in [0.25, 0.3) is 0 Å². The van der Waals surface area contributed by atoms with E-state index in [9.17, 15) is 0 Å². The van der Waals surface area contributed by atoms with Crippen molar-refractivity contribution in [1.29, 1.82) is 0 Å². The van der Waals surface area contributed by atoms with Crippen LogP contribution in [0.1, 0.15) is 25.8 Å². The lowest BCUT2D eigenvalue weighted by Crippen LogP contribution is -2.31. The largest absolute Gasteiger partial charge is 0.488 e. The van der Waals surface area contributed by atoms with Gasteiger partial charge in [-0.25, -0.2) is 0 Å². The summed E-state index contributed by atoms with van der Waals surface area (Å²) in [5.74, 6) is 0.930. The van der Waals surface area contributed by atoms with Crippen LogP contribution in [0.2, 0.25) is 0 Å². The van der Waals surface area contributed by atoms with Crippen molar-refractivity contribution < 1.29 is 4.74 Å². The highest BCUT2D eigenvalue weighted by atomic mass is 79.9. The van der Waals surface area contributed by atoms with E-state index in [1.54, 1.807) is 0 Å². The van der Waals surface area contributed by atoms with E-state index in [1.807, 2.05) is 18.2 Å². The lowest BCUT2D eigenvalue weighted by atomic mass is 9.94. The van der Waals surface area contributed by atoms with Crippen LogP contribution in [-0.4, -0.2) is 5.60 Å². The third-order valence-electron chi connectivity index (χ3n) is 2.03. The zero-order valence-electron chi connectivity index (χ0n) is 7.73. The molecule has 1 aromatic rings. The summed E-state index contributed by atoms with van der Waals surface area (Å²) < 4.78 is 6.86. The van der Waals surface area contributed by atoms with Gasteiger partial charge in [-0.2, -0.15) is 0 Å². The summed E-state index contributed by atoms with van der Waals surface area (Å²) >= 11 is 3.42. The summed E-state index contributed by atoms with van der Waals surface area (Å²) in [5.41, 5.74) is 0.953. The number of rotatable bonds is 0. The minimum atomic E-state index is -0.110.